The highest BCUT2D eigenvalue weighted by atomic mass is 32.2. The van der Waals surface area contributed by atoms with Crippen LogP contribution in [-0.2, 0) is 0 Å². The predicted octanol–water partition coefficient (Wildman–Crippen LogP) is 5.50. The van der Waals surface area contributed by atoms with Crippen LogP contribution in [0.2, 0.25) is 0 Å². The molecule has 0 saturated carbocycles. The van der Waals surface area contributed by atoms with Gasteiger partial charge in [-0.3, -0.25) is 4.79 Å². The van der Waals surface area contributed by atoms with Crippen LogP contribution < -0.4 is 16.4 Å². The summed E-state index contributed by atoms with van der Waals surface area (Å²) in [4.78, 5) is 35.6. The first-order valence-corrected chi connectivity index (χ1v) is 12.0. The van der Waals surface area contributed by atoms with Crippen LogP contribution >= 0.6 is 11.8 Å². The van der Waals surface area contributed by atoms with Crippen LogP contribution in [0.15, 0.2) is 59.9 Å². The minimum Gasteiger partial charge on any atom is -0.383 e. The topological polar surface area (TPSA) is 115 Å². The Balaban J connectivity index is 1.65. The molecular weight excluding hydrogens is 448 g/mol. The minimum atomic E-state index is -0.391. The van der Waals surface area contributed by atoms with E-state index in [-0.39, 0.29) is 17.6 Å². The third-order valence-electron chi connectivity index (χ3n) is 5.53. The highest BCUT2D eigenvalue weighted by Gasteiger charge is 2.22. The van der Waals surface area contributed by atoms with E-state index in [0.29, 0.717) is 33.5 Å². The van der Waals surface area contributed by atoms with Gasteiger partial charge in [0.1, 0.15) is 17.8 Å². The molecule has 0 bridgehead atoms. The number of nitrogens with zero attached hydrogens (tertiary/aromatic N) is 3. The standard InChI is InChI=1S/C25H26N6O2S/c1-14(2)31-12-18(21-23(26)27-13-28-24(21)31)22(32)17-11-16(10-9-15(17)3)29-25(33)30-19-7-5-6-8-20(19)34-4/h5-14H,1-4H3,(H2,26,27,28)(H2,29,30,33). The number of nitrogen functional groups attached to an aromatic ring is 1. The number of amides is 2. The number of aryl methyl sites for hydroxylation is 1. The van der Waals surface area contributed by atoms with Crippen molar-refractivity contribution < 1.29 is 9.59 Å². The fourth-order valence-corrected chi connectivity index (χ4v) is 4.35. The van der Waals surface area contributed by atoms with Gasteiger partial charge in [-0.1, -0.05) is 18.2 Å². The molecule has 0 spiro atoms. The number of carbonyl (C=O) groups is 2. The molecule has 0 radical (unpaired) electrons. The van der Waals surface area contributed by atoms with Crippen molar-refractivity contribution >= 4 is 51.8 Å². The third-order valence-corrected chi connectivity index (χ3v) is 6.33. The number of fused-ring (bicyclic) bond motifs is 1. The van der Waals surface area contributed by atoms with Crippen molar-refractivity contribution in [3.05, 3.63) is 71.7 Å². The van der Waals surface area contributed by atoms with Crippen LogP contribution in [0.1, 0.15) is 41.4 Å². The molecule has 34 heavy (non-hydrogen) atoms. The van der Waals surface area contributed by atoms with Gasteiger partial charge in [0.15, 0.2) is 5.78 Å². The first kappa shape index (κ1) is 23.3. The Bertz CT molecular complexity index is 1400. The van der Waals surface area contributed by atoms with E-state index < -0.39 is 6.03 Å². The van der Waals surface area contributed by atoms with E-state index in [9.17, 15) is 9.59 Å². The van der Waals surface area contributed by atoms with Gasteiger partial charge in [0, 0.05) is 28.4 Å². The number of benzene rings is 2. The Morgan fingerprint density at radius 2 is 1.82 bits per heavy atom. The summed E-state index contributed by atoms with van der Waals surface area (Å²) in [5.74, 6) is 0.0479. The second kappa shape index (κ2) is 9.56. The molecule has 4 N–H and O–H groups in total. The summed E-state index contributed by atoms with van der Waals surface area (Å²) in [7, 11) is 0. The number of anilines is 3. The zero-order valence-electron chi connectivity index (χ0n) is 19.4. The zero-order valence-corrected chi connectivity index (χ0v) is 20.2. The lowest BCUT2D eigenvalue weighted by Gasteiger charge is -2.12. The van der Waals surface area contributed by atoms with Gasteiger partial charge >= 0.3 is 6.03 Å². The third kappa shape index (κ3) is 4.47. The van der Waals surface area contributed by atoms with Gasteiger partial charge in [-0.25, -0.2) is 14.8 Å². The van der Waals surface area contributed by atoms with E-state index >= 15 is 0 Å². The molecule has 174 valence electrons. The molecule has 9 heteroatoms. The van der Waals surface area contributed by atoms with Gasteiger partial charge in [-0.05, 0) is 56.9 Å². The quantitative estimate of drug-likeness (QED) is 0.251. The number of ketones is 1. The number of rotatable bonds is 6. The Morgan fingerprint density at radius 1 is 1.06 bits per heavy atom. The lowest BCUT2D eigenvalue weighted by molar-refractivity contribution is 0.103. The predicted molar refractivity (Wildman–Crippen MR) is 138 cm³/mol. The number of nitrogens with two attached hydrogens (primary N) is 1. The van der Waals surface area contributed by atoms with Gasteiger partial charge in [0.05, 0.1) is 16.6 Å². The molecule has 8 nitrogen and oxygen atoms in total. The summed E-state index contributed by atoms with van der Waals surface area (Å²) in [5.41, 5.74) is 9.65. The number of nitrogens with one attached hydrogen (secondary N) is 2. The van der Waals surface area contributed by atoms with E-state index in [1.165, 1.54) is 6.33 Å². The van der Waals surface area contributed by atoms with E-state index in [1.54, 1.807) is 36.2 Å². The molecule has 0 unspecified atom stereocenters. The molecule has 0 fully saturated rings. The van der Waals surface area contributed by atoms with Crippen molar-refractivity contribution in [1.82, 2.24) is 14.5 Å². The molecule has 2 aromatic carbocycles. The van der Waals surface area contributed by atoms with Crippen molar-refractivity contribution in [1.29, 1.82) is 0 Å². The monoisotopic (exact) mass is 474 g/mol. The number of carbonyl (C=O) groups excluding carboxylic acids is 2. The van der Waals surface area contributed by atoms with E-state index in [0.717, 1.165) is 10.5 Å². The lowest BCUT2D eigenvalue weighted by Crippen LogP contribution is -2.20. The Kier molecular flexibility index (Phi) is 6.56. The molecule has 0 aliphatic carbocycles. The Labute approximate surface area is 202 Å². The normalized spacial score (nSPS) is 11.1. The summed E-state index contributed by atoms with van der Waals surface area (Å²) in [6.07, 6.45) is 5.12. The smallest absolute Gasteiger partial charge is 0.323 e. The number of urea groups is 1. The molecule has 2 aromatic heterocycles. The maximum atomic E-state index is 13.6. The van der Waals surface area contributed by atoms with E-state index in [1.807, 2.05) is 55.9 Å². The second-order valence-electron chi connectivity index (χ2n) is 8.14. The fraction of sp³-hybridized carbons (Fsp3) is 0.200. The largest absolute Gasteiger partial charge is 0.383 e. The van der Waals surface area contributed by atoms with Gasteiger partial charge in [0.2, 0.25) is 0 Å². The number of hydrogen-bond donors (Lipinski definition) is 3. The van der Waals surface area contributed by atoms with E-state index in [4.69, 9.17) is 5.73 Å². The van der Waals surface area contributed by atoms with Gasteiger partial charge < -0.3 is 20.9 Å². The maximum absolute atomic E-state index is 13.6. The SMILES string of the molecule is CSc1ccccc1NC(=O)Nc1ccc(C)c(C(=O)c2cn(C(C)C)c3ncnc(N)c23)c1. The van der Waals surface area contributed by atoms with Crippen molar-refractivity contribution in [3.8, 4) is 0 Å². The molecule has 2 heterocycles. The van der Waals surface area contributed by atoms with Gasteiger partial charge in [0.25, 0.3) is 0 Å². The molecule has 0 aliphatic rings. The minimum absolute atomic E-state index is 0.0836. The highest BCUT2D eigenvalue weighted by molar-refractivity contribution is 7.98. The molecule has 0 saturated heterocycles. The summed E-state index contributed by atoms with van der Waals surface area (Å²) < 4.78 is 1.91. The van der Waals surface area contributed by atoms with Crippen LogP contribution in [0.4, 0.5) is 22.0 Å². The van der Waals surface area contributed by atoms with Crippen molar-refractivity contribution in [2.45, 2.75) is 31.7 Å². The van der Waals surface area contributed by atoms with Crippen LogP contribution in [0, 0.1) is 6.92 Å². The second-order valence-corrected chi connectivity index (χ2v) is 8.99. The van der Waals surface area contributed by atoms with Gasteiger partial charge in [-0.2, -0.15) is 0 Å². The molecule has 4 aromatic rings. The average molecular weight is 475 g/mol. The summed E-state index contributed by atoms with van der Waals surface area (Å²) in [5, 5.41) is 6.21. The molecule has 2 amide bonds. The summed E-state index contributed by atoms with van der Waals surface area (Å²) in [6, 6.07) is 12.5. The van der Waals surface area contributed by atoms with Crippen LogP contribution in [0.5, 0.6) is 0 Å². The van der Waals surface area contributed by atoms with Crippen LogP contribution in [0.3, 0.4) is 0 Å². The molecule has 4 rings (SSSR count). The molecule has 0 aliphatic heterocycles. The van der Waals surface area contributed by atoms with E-state index in [2.05, 4.69) is 20.6 Å². The van der Waals surface area contributed by atoms with Gasteiger partial charge in [-0.15, -0.1) is 11.8 Å². The lowest BCUT2D eigenvalue weighted by atomic mass is 9.98. The first-order valence-electron chi connectivity index (χ1n) is 10.8. The van der Waals surface area contributed by atoms with Crippen molar-refractivity contribution in [2.75, 3.05) is 22.6 Å². The fourth-order valence-electron chi connectivity index (χ4n) is 3.80. The summed E-state index contributed by atoms with van der Waals surface area (Å²) in [6.45, 7) is 5.87. The number of aromatic nitrogens is 3. The van der Waals surface area contributed by atoms with Crippen molar-refractivity contribution in [3.63, 3.8) is 0 Å². The van der Waals surface area contributed by atoms with Crippen LogP contribution in [0.25, 0.3) is 11.0 Å². The summed E-state index contributed by atoms with van der Waals surface area (Å²) >= 11 is 1.55. The Morgan fingerprint density at radius 3 is 2.56 bits per heavy atom. The number of hydrogen-bond acceptors (Lipinski definition) is 6. The van der Waals surface area contributed by atoms with Crippen molar-refractivity contribution in [2.24, 2.45) is 0 Å². The average Bonchev–Trinajstić information content (AvgIpc) is 3.21. The molecule has 0 atom stereocenters. The first-order chi connectivity index (χ1) is 16.3. The highest BCUT2D eigenvalue weighted by Crippen LogP contribution is 2.30. The maximum Gasteiger partial charge on any atom is 0.323 e. The number of para-hydroxylation sites is 1. The Hall–Kier alpha value is -3.85. The molecular formula is C25H26N6O2S. The zero-order chi connectivity index (χ0) is 24.4. The van der Waals surface area contributed by atoms with Crippen LogP contribution in [-0.4, -0.2) is 32.6 Å². The number of thioether (sulfide) groups is 1.